The van der Waals surface area contributed by atoms with E-state index in [9.17, 15) is 4.79 Å². The summed E-state index contributed by atoms with van der Waals surface area (Å²) in [6, 6.07) is 26.9. The molecule has 0 saturated heterocycles. The lowest BCUT2D eigenvalue weighted by molar-refractivity contribution is -0.114. The lowest BCUT2D eigenvalue weighted by Gasteiger charge is -2.13. The molecule has 3 aromatic carbocycles. The van der Waals surface area contributed by atoms with E-state index in [1.54, 1.807) is 0 Å². The second-order valence-electron chi connectivity index (χ2n) is 7.11. The third-order valence-electron chi connectivity index (χ3n) is 4.85. The van der Waals surface area contributed by atoms with Crippen LogP contribution in [-0.4, -0.2) is 22.2 Å². The summed E-state index contributed by atoms with van der Waals surface area (Å²) in [7, 11) is 0. The number of carbonyl (C=O) groups excluding carboxylic acids is 1. The SMILES string of the molecule is Cc1nn(-c2ccccc2)c(C)c1NC(=O)CNc1ccccc1Oc1ccccc1. The van der Waals surface area contributed by atoms with E-state index in [0.29, 0.717) is 5.75 Å². The average Bonchev–Trinajstić information content (AvgIpc) is 3.08. The topological polar surface area (TPSA) is 68.2 Å². The molecule has 0 aliphatic heterocycles. The van der Waals surface area contributed by atoms with Crippen molar-refractivity contribution in [2.45, 2.75) is 13.8 Å². The Morgan fingerprint density at radius 2 is 1.55 bits per heavy atom. The number of carbonyl (C=O) groups is 1. The number of anilines is 2. The molecule has 4 aromatic rings. The average molecular weight is 412 g/mol. The highest BCUT2D eigenvalue weighted by molar-refractivity contribution is 5.95. The minimum atomic E-state index is -0.159. The molecule has 6 nitrogen and oxygen atoms in total. The van der Waals surface area contributed by atoms with Gasteiger partial charge in [0, 0.05) is 0 Å². The number of para-hydroxylation sites is 4. The molecule has 0 spiro atoms. The van der Waals surface area contributed by atoms with E-state index in [-0.39, 0.29) is 12.5 Å². The molecule has 2 N–H and O–H groups in total. The fraction of sp³-hybridized carbons (Fsp3) is 0.120. The van der Waals surface area contributed by atoms with Gasteiger partial charge in [0.25, 0.3) is 0 Å². The first kappa shape index (κ1) is 20.2. The van der Waals surface area contributed by atoms with Crippen LogP contribution in [0.4, 0.5) is 11.4 Å². The number of benzene rings is 3. The second-order valence-corrected chi connectivity index (χ2v) is 7.11. The Hall–Kier alpha value is -4.06. The van der Waals surface area contributed by atoms with Gasteiger partial charge in [0.1, 0.15) is 5.75 Å². The van der Waals surface area contributed by atoms with Gasteiger partial charge < -0.3 is 15.4 Å². The zero-order valence-corrected chi connectivity index (χ0v) is 17.5. The molecule has 1 aromatic heterocycles. The van der Waals surface area contributed by atoms with Crippen LogP contribution in [0.5, 0.6) is 11.5 Å². The third-order valence-corrected chi connectivity index (χ3v) is 4.85. The number of nitrogens with zero attached hydrogens (tertiary/aromatic N) is 2. The lowest BCUT2D eigenvalue weighted by Crippen LogP contribution is -2.22. The lowest BCUT2D eigenvalue weighted by atomic mass is 10.2. The standard InChI is InChI=1S/C25H24N4O2/c1-18-25(19(2)29(28-18)20-11-5-3-6-12-20)27-24(30)17-26-22-15-9-10-16-23(22)31-21-13-7-4-8-14-21/h3-16,26H,17H2,1-2H3,(H,27,30). The van der Waals surface area contributed by atoms with Crippen molar-refractivity contribution < 1.29 is 9.53 Å². The highest BCUT2D eigenvalue weighted by Gasteiger charge is 2.15. The molecule has 1 amide bonds. The normalized spacial score (nSPS) is 10.5. The van der Waals surface area contributed by atoms with Gasteiger partial charge in [-0.15, -0.1) is 0 Å². The summed E-state index contributed by atoms with van der Waals surface area (Å²) in [5, 5.41) is 10.7. The minimum absolute atomic E-state index is 0.102. The summed E-state index contributed by atoms with van der Waals surface area (Å²) < 4.78 is 7.78. The predicted octanol–water partition coefficient (Wildman–Crippen LogP) is 5.33. The molecule has 156 valence electrons. The maximum atomic E-state index is 12.7. The number of hydrogen-bond donors (Lipinski definition) is 2. The number of aryl methyl sites for hydroxylation is 1. The maximum Gasteiger partial charge on any atom is 0.243 e. The molecule has 4 rings (SSSR count). The number of hydrogen-bond acceptors (Lipinski definition) is 4. The van der Waals surface area contributed by atoms with Crippen LogP contribution in [0, 0.1) is 13.8 Å². The summed E-state index contributed by atoms with van der Waals surface area (Å²) in [6.07, 6.45) is 0. The minimum Gasteiger partial charge on any atom is -0.455 e. The zero-order valence-electron chi connectivity index (χ0n) is 17.5. The van der Waals surface area contributed by atoms with E-state index in [2.05, 4.69) is 15.7 Å². The van der Waals surface area contributed by atoms with Crippen LogP contribution in [0.2, 0.25) is 0 Å². The van der Waals surface area contributed by atoms with E-state index in [4.69, 9.17) is 4.74 Å². The molecule has 0 atom stereocenters. The number of rotatable bonds is 7. The first-order chi connectivity index (χ1) is 15.1. The predicted molar refractivity (Wildman–Crippen MR) is 123 cm³/mol. The van der Waals surface area contributed by atoms with E-state index in [0.717, 1.165) is 34.2 Å². The molecule has 0 aliphatic rings. The van der Waals surface area contributed by atoms with Crippen LogP contribution in [0.3, 0.4) is 0 Å². The molecule has 0 unspecified atom stereocenters. The Bertz CT molecular complexity index is 1170. The van der Waals surface area contributed by atoms with E-state index in [1.165, 1.54) is 0 Å². The highest BCUT2D eigenvalue weighted by atomic mass is 16.5. The van der Waals surface area contributed by atoms with Gasteiger partial charge in [0.2, 0.25) is 5.91 Å². The van der Waals surface area contributed by atoms with Crippen LogP contribution in [-0.2, 0) is 4.79 Å². The molecule has 0 radical (unpaired) electrons. The molecule has 1 heterocycles. The Balaban J connectivity index is 1.44. The van der Waals surface area contributed by atoms with Gasteiger partial charge in [-0.2, -0.15) is 5.10 Å². The van der Waals surface area contributed by atoms with Crippen LogP contribution < -0.4 is 15.4 Å². The Morgan fingerprint density at radius 3 is 2.29 bits per heavy atom. The molecular formula is C25H24N4O2. The van der Waals surface area contributed by atoms with Crippen molar-refractivity contribution in [3.8, 4) is 17.2 Å². The van der Waals surface area contributed by atoms with E-state index >= 15 is 0 Å². The first-order valence-corrected chi connectivity index (χ1v) is 10.1. The third kappa shape index (κ3) is 4.75. The molecule has 6 heteroatoms. The van der Waals surface area contributed by atoms with Crippen molar-refractivity contribution in [1.82, 2.24) is 9.78 Å². The molecule has 0 fully saturated rings. The Kier molecular flexibility index (Phi) is 5.98. The second kappa shape index (κ2) is 9.17. The van der Waals surface area contributed by atoms with Gasteiger partial charge >= 0.3 is 0 Å². The van der Waals surface area contributed by atoms with Gasteiger partial charge in [-0.1, -0.05) is 48.5 Å². The van der Waals surface area contributed by atoms with Crippen molar-refractivity contribution >= 4 is 17.3 Å². The van der Waals surface area contributed by atoms with Crippen molar-refractivity contribution in [1.29, 1.82) is 0 Å². The quantitative estimate of drug-likeness (QED) is 0.430. The molecule has 0 aliphatic carbocycles. The largest absolute Gasteiger partial charge is 0.455 e. The molecular weight excluding hydrogens is 388 g/mol. The van der Waals surface area contributed by atoms with Gasteiger partial charge in [0.15, 0.2) is 5.75 Å². The molecule has 31 heavy (non-hydrogen) atoms. The molecule has 0 saturated carbocycles. The van der Waals surface area contributed by atoms with Gasteiger partial charge in [-0.3, -0.25) is 4.79 Å². The summed E-state index contributed by atoms with van der Waals surface area (Å²) in [5.41, 5.74) is 4.07. The Morgan fingerprint density at radius 1 is 0.903 bits per heavy atom. The number of nitrogens with one attached hydrogen (secondary N) is 2. The highest BCUT2D eigenvalue weighted by Crippen LogP contribution is 2.29. The van der Waals surface area contributed by atoms with Gasteiger partial charge in [0.05, 0.1) is 35.0 Å². The van der Waals surface area contributed by atoms with Crippen molar-refractivity contribution in [2.75, 3.05) is 17.2 Å². The number of aromatic nitrogens is 2. The van der Waals surface area contributed by atoms with E-state index in [1.807, 2.05) is 103 Å². The van der Waals surface area contributed by atoms with Crippen LogP contribution >= 0.6 is 0 Å². The van der Waals surface area contributed by atoms with Crippen molar-refractivity contribution in [2.24, 2.45) is 0 Å². The van der Waals surface area contributed by atoms with Crippen LogP contribution in [0.1, 0.15) is 11.4 Å². The number of ether oxygens (including phenoxy) is 1. The van der Waals surface area contributed by atoms with E-state index < -0.39 is 0 Å². The smallest absolute Gasteiger partial charge is 0.243 e. The zero-order chi connectivity index (χ0) is 21.6. The summed E-state index contributed by atoms with van der Waals surface area (Å²) in [6.45, 7) is 3.93. The monoisotopic (exact) mass is 412 g/mol. The van der Waals surface area contributed by atoms with Crippen molar-refractivity contribution in [3.63, 3.8) is 0 Å². The maximum absolute atomic E-state index is 12.7. The number of amides is 1. The molecule has 0 bridgehead atoms. The summed E-state index contributed by atoms with van der Waals surface area (Å²) in [5.74, 6) is 1.24. The van der Waals surface area contributed by atoms with Crippen LogP contribution in [0.25, 0.3) is 5.69 Å². The van der Waals surface area contributed by atoms with Crippen molar-refractivity contribution in [3.05, 3.63) is 96.3 Å². The summed E-state index contributed by atoms with van der Waals surface area (Å²) >= 11 is 0. The van der Waals surface area contributed by atoms with Crippen LogP contribution in [0.15, 0.2) is 84.9 Å². The summed E-state index contributed by atoms with van der Waals surface area (Å²) in [4.78, 5) is 12.7. The fourth-order valence-electron chi connectivity index (χ4n) is 3.32. The van der Waals surface area contributed by atoms with Gasteiger partial charge in [-0.05, 0) is 50.2 Å². The van der Waals surface area contributed by atoms with Gasteiger partial charge in [-0.25, -0.2) is 4.68 Å². The first-order valence-electron chi connectivity index (χ1n) is 10.1. The fourth-order valence-corrected chi connectivity index (χ4v) is 3.32. The Labute approximate surface area is 181 Å².